The minimum atomic E-state index is -0.290. The molecule has 0 aliphatic carbocycles. The Morgan fingerprint density at radius 3 is 2.36 bits per heavy atom. The van der Waals surface area contributed by atoms with Gasteiger partial charge < -0.3 is 15.4 Å². The van der Waals surface area contributed by atoms with Crippen LogP contribution in [-0.4, -0.2) is 36.7 Å². The second-order valence-corrected chi connectivity index (χ2v) is 3.68. The van der Waals surface area contributed by atoms with Crippen molar-refractivity contribution in [2.45, 2.75) is 39.2 Å². The summed E-state index contributed by atoms with van der Waals surface area (Å²) in [6, 6.07) is 0. The van der Waals surface area contributed by atoms with E-state index in [1.807, 2.05) is 20.8 Å². The van der Waals surface area contributed by atoms with Crippen molar-refractivity contribution in [2.75, 3.05) is 20.2 Å². The van der Waals surface area contributed by atoms with Crippen molar-refractivity contribution in [1.82, 2.24) is 4.90 Å². The summed E-state index contributed by atoms with van der Waals surface area (Å²) in [5, 5.41) is 0. The van der Waals surface area contributed by atoms with Gasteiger partial charge in [0.1, 0.15) is 0 Å². The molecule has 2 N–H and O–H groups in total. The predicted molar refractivity (Wildman–Crippen MR) is 57.2 cm³/mol. The smallest absolute Gasteiger partial charge is 0.409 e. The Labute approximate surface area is 86.4 Å². The number of nitrogens with two attached hydrogens (primary N) is 1. The molecule has 0 saturated carbocycles. The van der Waals surface area contributed by atoms with Gasteiger partial charge in [-0.05, 0) is 19.8 Å². The first-order valence-electron chi connectivity index (χ1n) is 5.11. The Morgan fingerprint density at radius 2 is 2.07 bits per heavy atom. The highest BCUT2D eigenvalue weighted by Gasteiger charge is 2.32. The standard InChI is InChI=1S/C10H22N2O2/c1-5-7-12(9(13)14-4)10(3,6-2)8-11/h5-8,11H2,1-4H3. The lowest BCUT2D eigenvalue weighted by Crippen LogP contribution is -2.54. The van der Waals surface area contributed by atoms with Crippen molar-refractivity contribution < 1.29 is 9.53 Å². The first-order chi connectivity index (χ1) is 6.55. The summed E-state index contributed by atoms with van der Waals surface area (Å²) in [4.78, 5) is 13.2. The Morgan fingerprint density at radius 1 is 1.50 bits per heavy atom. The van der Waals surface area contributed by atoms with E-state index in [0.717, 1.165) is 12.8 Å². The zero-order chi connectivity index (χ0) is 11.2. The molecular formula is C10H22N2O2. The highest BCUT2D eigenvalue weighted by molar-refractivity contribution is 5.68. The zero-order valence-corrected chi connectivity index (χ0v) is 9.67. The van der Waals surface area contributed by atoms with Crippen molar-refractivity contribution in [2.24, 2.45) is 5.73 Å². The third kappa shape index (κ3) is 2.87. The molecule has 1 unspecified atom stereocenters. The molecule has 4 nitrogen and oxygen atoms in total. The summed E-state index contributed by atoms with van der Waals surface area (Å²) in [6.07, 6.45) is 1.45. The number of hydrogen-bond acceptors (Lipinski definition) is 3. The molecule has 4 heteroatoms. The number of amides is 1. The first-order valence-corrected chi connectivity index (χ1v) is 5.11. The van der Waals surface area contributed by atoms with E-state index >= 15 is 0 Å². The van der Waals surface area contributed by atoms with Gasteiger partial charge in [0.05, 0.1) is 12.6 Å². The van der Waals surface area contributed by atoms with Gasteiger partial charge in [-0.2, -0.15) is 0 Å². The maximum Gasteiger partial charge on any atom is 0.409 e. The average molecular weight is 202 g/mol. The fourth-order valence-corrected chi connectivity index (χ4v) is 1.36. The number of methoxy groups -OCH3 is 1. The van der Waals surface area contributed by atoms with E-state index in [-0.39, 0.29) is 11.6 Å². The van der Waals surface area contributed by atoms with E-state index in [0.29, 0.717) is 13.1 Å². The van der Waals surface area contributed by atoms with Crippen LogP contribution in [-0.2, 0) is 4.74 Å². The van der Waals surface area contributed by atoms with Crippen LogP contribution in [0, 0.1) is 0 Å². The molecule has 1 atom stereocenters. The van der Waals surface area contributed by atoms with Gasteiger partial charge >= 0.3 is 6.09 Å². The number of carbonyl (C=O) groups is 1. The van der Waals surface area contributed by atoms with Crippen LogP contribution in [0.25, 0.3) is 0 Å². The van der Waals surface area contributed by atoms with Crippen LogP contribution in [0.1, 0.15) is 33.6 Å². The van der Waals surface area contributed by atoms with E-state index < -0.39 is 0 Å². The fourth-order valence-electron chi connectivity index (χ4n) is 1.36. The molecule has 0 saturated heterocycles. The molecule has 0 heterocycles. The lowest BCUT2D eigenvalue weighted by atomic mass is 9.97. The molecule has 0 aliphatic heterocycles. The topological polar surface area (TPSA) is 55.6 Å². The Balaban J connectivity index is 4.68. The minimum Gasteiger partial charge on any atom is -0.453 e. The van der Waals surface area contributed by atoms with E-state index in [2.05, 4.69) is 0 Å². The van der Waals surface area contributed by atoms with Gasteiger partial charge in [-0.3, -0.25) is 0 Å². The predicted octanol–water partition coefficient (Wildman–Crippen LogP) is 1.59. The largest absolute Gasteiger partial charge is 0.453 e. The zero-order valence-electron chi connectivity index (χ0n) is 9.67. The molecule has 0 fully saturated rings. The molecule has 0 aromatic rings. The van der Waals surface area contributed by atoms with Crippen LogP contribution in [0.4, 0.5) is 4.79 Å². The van der Waals surface area contributed by atoms with Crippen molar-refractivity contribution in [3.05, 3.63) is 0 Å². The summed E-state index contributed by atoms with van der Waals surface area (Å²) in [6.45, 7) is 7.19. The summed E-state index contributed by atoms with van der Waals surface area (Å²) in [5.41, 5.74) is 5.40. The molecule has 0 bridgehead atoms. The third-order valence-electron chi connectivity index (χ3n) is 2.70. The van der Waals surface area contributed by atoms with Crippen LogP contribution in [0.3, 0.4) is 0 Å². The Kier molecular flexibility index (Phi) is 5.53. The molecule has 0 rings (SSSR count). The maximum absolute atomic E-state index is 11.5. The molecule has 0 aromatic heterocycles. The van der Waals surface area contributed by atoms with Crippen molar-refractivity contribution in [1.29, 1.82) is 0 Å². The normalized spacial score (nSPS) is 14.6. The molecule has 14 heavy (non-hydrogen) atoms. The van der Waals surface area contributed by atoms with Gasteiger partial charge in [-0.15, -0.1) is 0 Å². The SMILES string of the molecule is CCCN(C(=O)OC)C(C)(CC)CN. The summed E-state index contributed by atoms with van der Waals surface area (Å²) < 4.78 is 4.75. The number of rotatable bonds is 5. The molecule has 1 amide bonds. The first kappa shape index (κ1) is 13.2. The van der Waals surface area contributed by atoms with Gasteiger partial charge in [-0.1, -0.05) is 13.8 Å². The van der Waals surface area contributed by atoms with Gasteiger partial charge in [-0.25, -0.2) is 4.79 Å². The third-order valence-corrected chi connectivity index (χ3v) is 2.70. The number of carbonyl (C=O) groups excluding carboxylic acids is 1. The lowest BCUT2D eigenvalue weighted by Gasteiger charge is -2.38. The van der Waals surface area contributed by atoms with Gasteiger partial charge in [0.2, 0.25) is 0 Å². The Bertz CT molecular complexity index is 179. The summed E-state index contributed by atoms with van der Waals surface area (Å²) in [5.74, 6) is 0. The van der Waals surface area contributed by atoms with Crippen molar-refractivity contribution >= 4 is 6.09 Å². The van der Waals surface area contributed by atoms with Crippen LogP contribution >= 0.6 is 0 Å². The van der Waals surface area contributed by atoms with Crippen LogP contribution in [0.5, 0.6) is 0 Å². The summed E-state index contributed by atoms with van der Waals surface area (Å²) >= 11 is 0. The van der Waals surface area contributed by atoms with E-state index in [9.17, 15) is 4.79 Å². The second-order valence-electron chi connectivity index (χ2n) is 3.68. The number of hydrogen-bond donors (Lipinski definition) is 1. The maximum atomic E-state index is 11.5. The van der Waals surface area contributed by atoms with Gasteiger partial charge in [0.15, 0.2) is 0 Å². The van der Waals surface area contributed by atoms with E-state index in [1.165, 1.54) is 7.11 Å². The number of nitrogens with zero attached hydrogens (tertiary/aromatic N) is 1. The monoisotopic (exact) mass is 202 g/mol. The minimum absolute atomic E-state index is 0.289. The van der Waals surface area contributed by atoms with E-state index in [1.54, 1.807) is 4.90 Å². The highest BCUT2D eigenvalue weighted by Crippen LogP contribution is 2.19. The average Bonchev–Trinajstić information content (AvgIpc) is 2.23. The molecule has 0 spiro atoms. The molecule has 0 aromatic carbocycles. The number of ether oxygens (including phenoxy) is 1. The van der Waals surface area contributed by atoms with Gasteiger partial charge in [0, 0.05) is 13.1 Å². The highest BCUT2D eigenvalue weighted by atomic mass is 16.5. The quantitative estimate of drug-likeness (QED) is 0.736. The van der Waals surface area contributed by atoms with E-state index in [4.69, 9.17) is 10.5 Å². The second kappa shape index (κ2) is 5.86. The van der Waals surface area contributed by atoms with Crippen LogP contribution in [0.2, 0.25) is 0 Å². The molecule has 84 valence electrons. The van der Waals surface area contributed by atoms with Crippen molar-refractivity contribution in [3.8, 4) is 0 Å². The van der Waals surface area contributed by atoms with Crippen LogP contribution in [0.15, 0.2) is 0 Å². The molecule has 0 radical (unpaired) electrons. The fraction of sp³-hybridized carbons (Fsp3) is 0.900. The Hall–Kier alpha value is -0.770. The van der Waals surface area contributed by atoms with Crippen molar-refractivity contribution in [3.63, 3.8) is 0 Å². The summed E-state index contributed by atoms with van der Waals surface area (Å²) in [7, 11) is 1.40. The molecular weight excluding hydrogens is 180 g/mol. The lowest BCUT2D eigenvalue weighted by molar-refractivity contribution is 0.0704. The van der Waals surface area contributed by atoms with Crippen LogP contribution < -0.4 is 5.73 Å². The van der Waals surface area contributed by atoms with Gasteiger partial charge in [0.25, 0.3) is 0 Å². The molecule has 0 aliphatic rings.